The Bertz CT molecular complexity index is 1510. The number of aromatic nitrogens is 2. The van der Waals surface area contributed by atoms with E-state index in [-0.39, 0.29) is 42.6 Å². The number of pyridine rings is 1. The first-order chi connectivity index (χ1) is 18.8. The Morgan fingerprint density at radius 3 is 2.45 bits per heavy atom. The van der Waals surface area contributed by atoms with Crippen molar-refractivity contribution >= 4 is 48.8 Å². The number of carbonyl (C=O) groups excluding carboxylic acids is 1. The van der Waals surface area contributed by atoms with E-state index in [9.17, 15) is 26.4 Å². The van der Waals surface area contributed by atoms with E-state index >= 15 is 0 Å². The maximum absolute atomic E-state index is 14.5. The van der Waals surface area contributed by atoms with E-state index in [1.807, 2.05) is 13.8 Å². The Balaban J connectivity index is 1.43. The molecule has 2 aliphatic heterocycles. The second-order valence-corrected chi connectivity index (χ2v) is 14.1. The Morgan fingerprint density at radius 1 is 1.15 bits per heavy atom. The Kier molecular flexibility index (Phi) is 7.60. The number of rotatable bonds is 6. The molecule has 1 spiro atoms. The molecule has 0 bridgehead atoms. The summed E-state index contributed by atoms with van der Waals surface area (Å²) in [7, 11) is -1.68. The zero-order valence-electron chi connectivity index (χ0n) is 22.4. The van der Waals surface area contributed by atoms with Crippen molar-refractivity contribution < 1.29 is 31.1 Å². The molecule has 0 saturated carbocycles. The minimum Gasteiger partial charge on any atom is -0.377 e. The van der Waals surface area contributed by atoms with Gasteiger partial charge < -0.3 is 15.0 Å². The van der Waals surface area contributed by atoms with Crippen LogP contribution in [0.15, 0.2) is 30.5 Å². The predicted octanol–water partition coefficient (Wildman–Crippen LogP) is 5.87. The van der Waals surface area contributed by atoms with Crippen molar-refractivity contribution in [1.29, 1.82) is 0 Å². The highest BCUT2D eigenvalue weighted by Crippen LogP contribution is 2.47. The van der Waals surface area contributed by atoms with E-state index < -0.39 is 33.4 Å². The van der Waals surface area contributed by atoms with E-state index in [2.05, 4.69) is 15.3 Å². The van der Waals surface area contributed by atoms with Crippen molar-refractivity contribution in [2.45, 2.75) is 57.9 Å². The van der Waals surface area contributed by atoms with Crippen LogP contribution in [0.1, 0.15) is 60.9 Å². The van der Waals surface area contributed by atoms with Crippen LogP contribution in [-0.4, -0.2) is 60.5 Å². The maximum Gasteiger partial charge on any atom is 0.413 e. The van der Waals surface area contributed by atoms with Crippen LogP contribution in [0.5, 0.6) is 0 Å². The first kappa shape index (κ1) is 28.7. The molecule has 2 saturated heterocycles. The van der Waals surface area contributed by atoms with E-state index in [0.717, 1.165) is 20.3 Å². The van der Waals surface area contributed by atoms with Crippen molar-refractivity contribution in [3.63, 3.8) is 0 Å². The quantitative estimate of drug-likeness (QED) is 0.380. The lowest BCUT2D eigenvalue weighted by Gasteiger charge is -2.46. The number of anilines is 2. The highest BCUT2D eigenvalue weighted by molar-refractivity contribution is 7.91. The Morgan fingerprint density at radius 2 is 1.82 bits per heavy atom. The largest absolute Gasteiger partial charge is 0.413 e. The molecule has 4 heterocycles. The summed E-state index contributed by atoms with van der Waals surface area (Å²) < 4.78 is 72.9. The molecule has 2 atom stereocenters. The number of sulfone groups is 1. The normalized spacial score (nSPS) is 20.6. The molecule has 2 aromatic heterocycles. The number of halogens is 3. The molecule has 5 rings (SSSR count). The summed E-state index contributed by atoms with van der Waals surface area (Å²) >= 11 is 1.46. The topological polar surface area (TPSA) is 101 Å². The molecule has 3 aromatic rings. The van der Waals surface area contributed by atoms with E-state index in [0.29, 0.717) is 29.7 Å². The van der Waals surface area contributed by atoms with Crippen LogP contribution < -0.4 is 5.32 Å². The minimum atomic E-state index is -4.71. The fraction of sp³-hybridized carbons (Fsp3) is 0.519. The summed E-state index contributed by atoms with van der Waals surface area (Å²) in [5.41, 5.74) is 1.58. The highest BCUT2D eigenvalue weighted by Gasteiger charge is 2.54. The van der Waals surface area contributed by atoms with Gasteiger partial charge in [-0.3, -0.25) is 4.79 Å². The van der Waals surface area contributed by atoms with Crippen LogP contribution in [0.2, 0.25) is 0 Å². The van der Waals surface area contributed by atoms with Crippen molar-refractivity contribution in [1.82, 2.24) is 14.9 Å². The first-order valence-electron chi connectivity index (χ1n) is 13.1. The molecule has 2 fully saturated rings. The molecule has 216 valence electrons. The molecule has 40 heavy (non-hydrogen) atoms. The fourth-order valence-corrected chi connectivity index (χ4v) is 8.20. The van der Waals surface area contributed by atoms with Gasteiger partial charge in [-0.1, -0.05) is 23.5 Å². The van der Waals surface area contributed by atoms with Gasteiger partial charge in [0.05, 0.1) is 39.9 Å². The number of hydrogen-bond acceptors (Lipinski definition) is 8. The number of amides is 1. The minimum absolute atomic E-state index is 0.0332. The summed E-state index contributed by atoms with van der Waals surface area (Å²) in [5, 5.41) is 4.10. The average Bonchev–Trinajstić information content (AvgIpc) is 3.28. The number of methoxy groups -OCH3 is 1. The number of fused-ring (bicyclic) bond motifs is 1. The molecule has 13 heteroatoms. The van der Waals surface area contributed by atoms with E-state index in [4.69, 9.17) is 4.74 Å². The number of likely N-dealkylation sites (tertiary alicyclic amines) is 1. The second-order valence-electron chi connectivity index (χ2n) is 10.6. The Hall–Kier alpha value is -2.77. The van der Waals surface area contributed by atoms with E-state index in [1.54, 1.807) is 25.4 Å². The first-order valence-corrected chi connectivity index (χ1v) is 15.7. The number of carbonyl (C=O) groups is 1. The molecule has 1 aromatic carbocycles. The summed E-state index contributed by atoms with van der Waals surface area (Å²) in [6.07, 6.45) is -2.42. The van der Waals surface area contributed by atoms with Crippen molar-refractivity contribution in [2.24, 2.45) is 5.41 Å². The zero-order valence-corrected chi connectivity index (χ0v) is 24.0. The molecule has 8 nitrogen and oxygen atoms in total. The van der Waals surface area contributed by atoms with Gasteiger partial charge in [-0.2, -0.15) is 13.2 Å². The SMILES string of the molecule is COC(C)c1c(Nc2ccc([C@H](N3CCCC4(CCS(=O)(=O)CC4)C3=O)C(F)(F)F)cc2)cnc2sc(C)nc12. The monoisotopic (exact) mass is 596 g/mol. The molecule has 1 unspecified atom stereocenters. The third-order valence-electron chi connectivity index (χ3n) is 8.01. The molecule has 0 aliphatic carbocycles. The lowest BCUT2D eigenvalue weighted by molar-refractivity contribution is -0.200. The van der Waals surface area contributed by atoms with Gasteiger partial charge in [0.15, 0.2) is 6.04 Å². The zero-order chi connectivity index (χ0) is 28.9. The highest BCUT2D eigenvalue weighted by atomic mass is 32.2. The third kappa shape index (κ3) is 5.42. The fourth-order valence-electron chi connectivity index (χ4n) is 5.82. The van der Waals surface area contributed by atoms with Gasteiger partial charge in [0, 0.05) is 24.9 Å². The number of benzene rings is 1. The van der Waals surface area contributed by atoms with E-state index in [1.165, 1.54) is 23.5 Å². The number of piperidine rings is 1. The van der Waals surface area contributed by atoms with Gasteiger partial charge >= 0.3 is 6.18 Å². The third-order valence-corrected chi connectivity index (χ3v) is 10.5. The molecule has 2 aliphatic rings. The van der Waals surface area contributed by atoms with Gasteiger partial charge in [0.1, 0.15) is 20.2 Å². The van der Waals surface area contributed by atoms with Gasteiger partial charge in [0.25, 0.3) is 0 Å². The number of alkyl halides is 3. The summed E-state index contributed by atoms with van der Waals surface area (Å²) in [6, 6.07) is 3.72. The molecule has 1 N–H and O–H groups in total. The molecular weight excluding hydrogens is 565 g/mol. The summed E-state index contributed by atoms with van der Waals surface area (Å²) in [4.78, 5) is 24.3. The number of nitrogens with one attached hydrogen (secondary N) is 1. The van der Waals surface area contributed by atoms with Gasteiger partial charge in [-0.15, -0.1) is 0 Å². The standard InChI is InChI=1S/C27H31F3N4O4S2/c1-16(38-3)21-20(15-31-24-22(21)32-17(2)39-24)33-19-7-5-18(6-8-19)23(27(28,29)30)34-12-4-9-26(25(34)35)10-13-40(36,37)14-11-26/h5-8,15-16,23,33H,4,9-14H2,1-3H3/t16?,23-/m0/s1. The smallest absolute Gasteiger partial charge is 0.377 e. The van der Waals surface area contributed by atoms with Gasteiger partial charge in [-0.05, 0) is 57.2 Å². The van der Waals surface area contributed by atoms with Gasteiger partial charge in [-0.25, -0.2) is 18.4 Å². The second kappa shape index (κ2) is 10.6. The number of nitrogens with zero attached hydrogens (tertiary/aromatic N) is 3. The number of thiazole rings is 1. The van der Waals surface area contributed by atoms with Crippen LogP contribution >= 0.6 is 11.3 Å². The Labute approximate surface area is 234 Å². The summed E-state index contributed by atoms with van der Waals surface area (Å²) in [5.74, 6) is -0.947. The lowest BCUT2D eigenvalue weighted by Crippen LogP contribution is -2.55. The molecule has 0 radical (unpaired) electrons. The van der Waals surface area contributed by atoms with Crippen LogP contribution in [0.25, 0.3) is 10.3 Å². The van der Waals surface area contributed by atoms with Gasteiger partial charge in [0.2, 0.25) is 5.91 Å². The van der Waals surface area contributed by atoms with Crippen molar-refractivity contribution in [2.75, 3.05) is 30.5 Å². The molecule has 1 amide bonds. The van der Waals surface area contributed by atoms with Crippen LogP contribution in [0, 0.1) is 12.3 Å². The van der Waals surface area contributed by atoms with Crippen LogP contribution in [-0.2, 0) is 19.4 Å². The summed E-state index contributed by atoms with van der Waals surface area (Å²) in [6.45, 7) is 3.74. The van der Waals surface area contributed by atoms with Crippen LogP contribution in [0.3, 0.4) is 0 Å². The van der Waals surface area contributed by atoms with Crippen molar-refractivity contribution in [3.05, 3.63) is 46.6 Å². The lowest BCUT2D eigenvalue weighted by atomic mass is 9.73. The van der Waals surface area contributed by atoms with Crippen molar-refractivity contribution in [3.8, 4) is 0 Å². The number of hydrogen-bond donors (Lipinski definition) is 1. The van der Waals surface area contributed by atoms with Crippen LogP contribution in [0.4, 0.5) is 24.5 Å². The maximum atomic E-state index is 14.5. The number of ether oxygens (including phenoxy) is 1. The average molecular weight is 597 g/mol. The number of aryl methyl sites for hydroxylation is 1. The molecular formula is C27H31F3N4O4S2. The predicted molar refractivity (Wildman–Crippen MR) is 147 cm³/mol.